The predicted molar refractivity (Wildman–Crippen MR) is 116 cm³/mol. The summed E-state index contributed by atoms with van der Waals surface area (Å²) in [5, 5.41) is 4.49. The molecule has 0 N–H and O–H groups in total. The number of fused-ring (bicyclic) bond motifs is 1. The number of halogens is 2. The van der Waals surface area contributed by atoms with Gasteiger partial charge in [0.25, 0.3) is 5.56 Å². The summed E-state index contributed by atoms with van der Waals surface area (Å²) in [6.45, 7) is 4.25. The standard InChI is InChI=1S/C20H20Cl2N4OS/c1-20(2)13(10-15(21)22)16(20)17-23-19-26(24-17)18(27)14(28-19)9-11-5-7-12(8-6-11)25(3)4/h5-10,13,16H,1-4H3/b14-9+/t13-,16-/m1/s1. The fourth-order valence-corrected chi connectivity index (χ4v) is 4.80. The van der Waals surface area contributed by atoms with Crippen LogP contribution in [0.15, 0.2) is 39.6 Å². The second-order valence-electron chi connectivity index (χ2n) is 7.85. The van der Waals surface area contributed by atoms with Crippen LogP contribution in [-0.2, 0) is 0 Å². The molecule has 2 aromatic heterocycles. The number of thiazole rings is 1. The molecule has 8 heteroatoms. The maximum absolute atomic E-state index is 12.8. The molecule has 28 heavy (non-hydrogen) atoms. The molecule has 1 saturated carbocycles. The highest BCUT2D eigenvalue weighted by atomic mass is 35.5. The van der Waals surface area contributed by atoms with E-state index in [9.17, 15) is 4.79 Å². The lowest BCUT2D eigenvalue weighted by Gasteiger charge is -2.11. The number of allylic oxidation sites excluding steroid dienone is 1. The first-order chi connectivity index (χ1) is 13.2. The van der Waals surface area contributed by atoms with Crippen molar-refractivity contribution >= 4 is 51.3 Å². The molecule has 1 aliphatic carbocycles. The van der Waals surface area contributed by atoms with Gasteiger partial charge in [0, 0.05) is 25.7 Å². The Morgan fingerprint density at radius 3 is 2.50 bits per heavy atom. The summed E-state index contributed by atoms with van der Waals surface area (Å²) in [5.74, 6) is 0.953. The van der Waals surface area contributed by atoms with Crippen LogP contribution in [0.2, 0.25) is 0 Å². The van der Waals surface area contributed by atoms with E-state index in [0.29, 0.717) is 15.3 Å². The molecule has 0 saturated heterocycles. The van der Waals surface area contributed by atoms with E-state index in [-0.39, 0.29) is 27.3 Å². The molecule has 0 amide bonds. The lowest BCUT2D eigenvalue weighted by Crippen LogP contribution is -2.23. The average molecular weight is 435 g/mol. The number of benzene rings is 1. The molecule has 0 unspecified atom stereocenters. The van der Waals surface area contributed by atoms with Gasteiger partial charge in [0.05, 0.1) is 4.53 Å². The second kappa shape index (κ2) is 6.87. The summed E-state index contributed by atoms with van der Waals surface area (Å²) in [4.78, 5) is 20.0. The Kier molecular flexibility index (Phi) is 4.76. The normalized spacial score (nSPS) is 21.1. The van der Waals surface area contributed by atoms with Crippen molar-refractivity contribution < 1.29 is 0 Å². The Morgan fingerprint density at radius 2 is 1.93 bits per heavy atom. The molecule has 4 rings (SSSR count). The molecule has 0 spiro atoms. The molecule has 0 aliphatic heterocycles. The van der Waals surface area contributed by atoms with Gasteiger partial charge in [-0.25, -0.2) is 4.98 Å². The molecule has 5 nitrogen and oxygen atoms in total. The van der Waals surface area contributed by atoms with Crippen molar-refractivity contribution in [2.45, 2.75) is 19.8 Å². The van der Waals surface area contributed by atoms with Gasteiger partial charge in [0.15, 0.2) is 5.82 Å². The number of aromatic nitrogens is 3. The highest BCUT2D eigenvalue weighted by Crippen LogP contribution is 2.64. The molecule has 146 valence electrons. The van der Waals surface area contributed by atoms with Gasteiger partial charge < -0.3 is 4.90 Å². The zero-order valence-corrected chi connectivity index (χ0v) is 18.3. The van der Waals surface area contributed by atoms with Gasteiger partial charge in [0.2, 0.25) is 4.96 Å². The topological polar surface area (TPSA) is 50.5 Å². The lowest BCUT2D eigenvalue weighted by atomic mass is 10.1. The zero-order chi connectivity index (χ0) is 20.2. The minimum atomic E-state index is -0.142. The third kappa shape index (κ3) is 3.34. The Morgan fingerprint density at radius 1 is 1.25 bits per heavy atom. The number of rotatable bonds is 4. The van der Waals surface area contributed by atoms with E-state index in [1.165, 1.54) is 15.9 Å². The van der Waals surface area contributed by atoms with Crippen LogP contribution in [0.5, 0.6) is 0 Å². The molecule has 0 bridgehead atoms. The molecule has 1 aromatic carbocycles. The zero-order valence-electron chi connectivity index (χ0n) is 16.0. The fraction of sp³-hybridized carbons (Fsp3) is 0.350. The summed E-state index contributed by atoms with van der Waals surface area (Å²) in [6, 6.07) is 8.04. The summed E-state index contributed by atoms with van der Waals surface area (Å²) in [5.41, 5.74) is 1.91. The molecule has 0 radical (unpaired) electrons. The monoisotopic (exact) mass is 434 g/mol. The van der Waals surface area contributed by atoms with Crippen molar-refractivity contribution in [3.05, 3.63) is 61.1 Å². The Hall–Kier alpha value is -1.89. The van der Waals surface area contributed by atoms with Crippen LogP contribution in [0.4, 0.5) is 5.69 Å². The Labute approximate surface area is 176 Å². The molecular weight excluding hydrogens is 415 g/mol. The van der Waals surface area contributed by atoms with Crippen LogP contribution < -0.4 is 15.0 Å². The van der Waals surface area contributed by atoms with Gasteiger partial charge in [-0.15, -0.1) is 5.10 Å². The number of anilines is 1. The van der Waals surface area contributed by atoms with Crippen LogP contribution >= 0.6 is 34.5 Å². The van der Waals surface area contributed by atoms with E-state index < -0.39 is 0 Å². The number of hydrogen-bond acceptors (Lipinski definition) is 5. The smallest absolute Gasteiger partial charge is 0.291 e. The molecule has 3 aromatic rings. The Bertz CT molecular complexity index is 1170. The second-order valence-corrected chi connectivity index (χ2v) is 9.86. The van der Waals surface area contributed by atoms with Crippen LogP contribution in [0.1, 0.15) is 31.2 Å². The van der Waals surface area contributed by atoms with E-state index in [1.807, 2.05) is 55.4 Å². The van der Waals surface area contributed by atoms with Crippen LogP contribution in [0.25, 0.3) is 11.0 Å². The molecule has 2 atom stereocenters. The fourth-order valence-electron chi connectivity index (χ4n) is 3.62. The largest absolute Gasteiger partial charge is 0.378 e. The summed E-state index contributed by atoms with van der Waals surface area (Å²) < 4.78 is 2.27. The highest BCUT2D eigenvalue weighted by Gasteiger charge is 2.59. The first kappa shape index (κ1) is 19.4. The molecular formula is C20H20Cl2N4OS. The van der Waals surface area contributed by atoms with Crippen molar-refractivity contribution in [3.8, 4) is 0 Å². The third-order valence-electron chi connectivity index (χ3n) is 5.40. The van der Waals surface area contributed by atoms with E-state index in [0.717, 1.165) is 11.3 Å². The number of hydrogen-bond donors (Lipinski definition) is 0. The van der Waals surface area contributed by atoms with Crippen LogP contribution in [-0.4, -0.2) is 28.7 Å². The number of nitrogens with zero attached hydrogens (tertiary/aromatic N) is 4. The maximum Gasteiger partial charge on any atom is 0.291 e. The van der Waals surface area contributed by atoms with E-state index in [2.05, 4.69) is 23.9 Å². The van der Waals surface area contributed by atoms with Gasteiger partial charge in [0.1, 0.15) is 4.49 Å². The van der Waals surface area contributed by atoms with E-state index >= 15 is 0 Å². The predicted octanol–water partition coefficient (Wildman–Crippen LogP) is 3.82. The van der Waals surface area contributed by atoms with E-state index in [1.54, 1.807) is 0 Å². The quantitative estimate of drug-likeness (QED) is 0.625. The van der Waals surface area contributed by atoms with Crippen molar-refractivity contribution in [2.75, 3.05) is 19.0 Å². The summed E-state index contributed by atoms with van der Waals surface area (Å²) in [6.07, 6.45) is 3.71. The first-order valence-electron chi connectivity index (χ1n) is 8.90. The van der Waals surface area contributed by atoms with E-state index in [4.69, 9.17) is 23.2 Å². The van der Waals surface area contributed by atoms with Gasteiger partial charge in [-0.05, 0) is 41.2 Å². The summed E-state index contributed by atoms with van der Waals surface area (Å²) >= 11 is 13.0. The maximum atomic E-state index is 12.8. The SMILES string of the molecule is CN(C)c1ccc(/C=c2/sc3nc([C@H]4[C@@H](C=C(Cl)Cl)C4(C)C)nn3c2=O)cc1. The van der Waals surface area contributed by atoms with Crippen molar-refractivity contribution in [1.29, 1.82) is 0 Å². The minimum absolute atomic E-state index is 0.0295. The minimum Gasteiger partial charge on any atom is -0.378 e. The van der Waals surface area contributed by atoms with Gasteiger partial charge in [-0.1, -0.05) is 60.5 Å². The van der Waals surface area contributed by atoms with Crippen molar-refractivity contribution in [1.82, 2.24) is 14.6 Å². The first-order valence-corrected chi connectivity index (χ1v) is 10.5. The molecule has 1 aliphatic rings. The highest BCUT2D eigenvalue weighted by molar-refractivity contribution is 7.15. The van der Waals surface area contributed by atoms with Gasteiger partial charge in [-0.2, -0.15) is 4.52 Å². The average Bonchev–Trinajstić information content (AvgIpc) is 2.91. The summed E-state index contributed by atoms with van der Waals surface area (Å²) in [7, 11) is 3.99. The van der Waals surface area contributed by atoms with Crippen molar-refractivity contribution in [2.24, 2.45) is 11.3 Å². The van der Waals surface area contributed by atoms with Crippen molar-refractivity contribution in [3.63, 3.8) is 0 Å². The van der Waals surface area contributed by atoms with Crippen LogP contribution in [0.3, 0.4) is 0 Å². The van der Waals surface area contributed by atoms with Gasteiger partial charge in [-0.3, -0.25) is 4.79 Å². The molecule has 1 fully saturated rings. The third-order valence-corrected chi connectivity index (χ3v) is 6.61. The lowest BCUT2D eigenvalue weighted by molar-refractivity contribution is 0.585. The Balaban J connectivity index is 1.68. The molecule has 2 heterocycles. The van der Waals surface area contributed by atoms with Gasteiger partial charge >= 0.3 is 0 Å². The van der Waals surface area contributed by atoms with Crippen LogP contribution in [0, 0.1) is 11.3 Å².